The Hall–Kier alpha value is -0.410. The van der Waals surface area contributed by atoms with E-state index in [0.29, 0.717) is 0 Å². The van der Waals surface area contributed by atoms with Crippen LogP contribution in [0.25, 0.3) is 0 Å². The highest BCUT2D eigenvalue weighted by molar-refractivity contribution is 7.11. The second-order valence-corrected chi connectivity index (χ2v) is 4.12. The van der Waals surface area contributed by atoms with Crippen molar-refractivity contribution in [1.29, 1.82) is 0 Å². The van der Waals surface area contributed by atoms with Crippen molar-refractivity contribution in [2.45, 2.75) is 26.7 Å². The first kappa shape index (κ1) is 9.68. The lowest BCUT2D eigenvalue weighted by Gasteiger charge is -1.98. The molecule has 0 unspecified atom stereocenters. The highest BCUT2D eigenvalue weighted by Gasteiger charge is 1.96. The number of hydrogen-bond acceptors (Lipinski definition) is 3. The van der Waals surface area contributed by atoms with Crippen LogP contribution >= 0.6 is 11.3 Å². The molecule has 0 aliphatic carbocycles. The molecule has 0 spiro atoms. The molecule has 1 N–H and O–H groups in total. The van der Waals surface area contributed by atoms with Crippen LogP contribution in [0.5, 0.6) is 0 Å². The van der Waals surface area contributed by atoms with Gasteiger partial charge in [0.2, 0.25) is 0 Å². The first-order chi connectivity index (χ1) is 5.83. The Labute approximate surface area is 78.0 Å². The van der Waals surface area contributed by atoms with Crippen LogP contribution in [0.15, 0.2) is 6.20 Å². The third kappa shape index (κ3) is 3.32. The van der Waals surface area contributed by atoms with Gasteiger partial charge < -0.3 is 5.32 Å². The molecule has 0 bridgehead atoms. The summed E-state index contributed by atoms with van der Waals surface area (Å²) >= 11 is 1.81. The lowest BCUT2D eigenvalue weighted by atomic mass is 10.3. The van der Waals surface area contributed by atoms with E-state index in [-0.39, 0.29) is 0 Å². The largest absolute Gasteiger partial charge is 0.317 e. The molecule has 0 aliphatic heterocycles. The Morgan fingerprint density at radius 2 is 2.42 bits per heavy atom. The zero-order valence-corrected chi connectivity index (χ0v) is 8.58. The lowest BCUT2D eigenvalue weighted by Crippen LogP contribution is -2.14. The summed E-state index contributed by atoms with van der Waals surface area (Å²) in [5.41, 5.74) is 0. The second kappa shape index (κ2) is 5.27. The summed E-state index contributed by atoms with van der Waals surface area (Å²) in [6, 6.07) is 0. The predicted molar refractivity (Wildman–Crippen MR) is 53.7 cm³/mol. The predicted octanol–water partition coefficient (Wildman–Crippen LogP) is 1.99. The Morgan fingerprint density at radius 3 is 3.00 bits per heavy atom. The van der Waals surface area contributed by atoms with Gasteiger partial charge in [0, 0.05) is 11.1 Å². The molecule has 3 heteroatoms. The Morgan fingerprint density at radius 1 is 1.58 bits per heavy atom. The first-order valence-electron chi connectivity index (χ1n) is 4.45. The van der Waals surface area contributed by atoms with E-state index in [1.807, 2.05) is 6.20 Å². The zero-order chi connectivity index (χ0) is 8.81. The van der Waals surface area contributed by atoms with E-state index in [1.54, 1.807) is 11.3 Å². The Balaban J connectivity index is 2.15. The quantitative estimate of drug-likeness (QED) is 0.708. The van der Waals surface area contributed by atoms with Crippen molar-refractivity contribution in [1.82, 2.24) is 10.3 Å². The monoisotopic (exact) mass is 184 g/mol. The first-order valence-corrected chi connectivity index (χ1v) is 5.26. The van der Waals surface area contributed by atoms with Crippen molar-refractivity contribution < 1.29 is 0 Å². The molecule has 0 amide bonds. The van der Waals surface area contributed by atoms with E-state index in [2.05, 4.69) is 24.1 Å². The maximum atomic E-state index is 4.21. The van der Waals surface area contributed by atoms with Crippen LogP contribution < -0.4 is 5.32 Å². The molecule has 68 valence electrons. The zero-order valence-electron chi connectivity index (χ0n) is 7.76. The molecule has 1 rings (SSSR count). The fourth-order valence-corrected chi connectivity index (χ4v) is 1.92. The summed E-state index contributed by atoms with van der Waals surface area (Å²) in [6.07, 6.45) is 4.37. The number of hydrogen-bond donors (Lipinski definition) is 1. The maximum absolute atomic E-state index is 4.21. The van der Waals surface area contributed by atoms with E-state index >= 15 is 0 Å². The molecule has 1 aromatic rings. The standard InChI is InChI=1S/C9H16N2S/c1-3-10-6-4-5-9-7-11-8(2)12-9/h7,10H,3-6H2,1-2H3. The van der Waals surface area contributed by atoms with E-state index in [0.717, 1.165) is 13.1 Å². The van der Waals surface area contributed by atoms with Crippen LogP contribution in [0.1, 0.15) is 23.2 Å². The number of rotatable bonds is 5. The van der Waals surface area contributed by atoms with Crippen molar-refractivity contribution in [3.63, 3.8) is 0 Å². The molecule has 1 aromatic heterocycles. The molecular formula is C9H16N2S. The minimum atomic E-state index is 1.07. The average molecular weight is 184 g/mol. The van der Waals surface area contributed by atoms with Gasteiger partial charge in [0.25, 0.3) is 0 Å². The highest BCUT2D eigenvalue weighted by Crippen LogP contribution is 2.12. The molecule has 12 heavy (non-hydrogen) atoms. The lowest BCUT2D eigenvalue weighted by molar-refractivity contribution is 0.675. The highest BCUT2D eigenvalue weighted by atomic mass is 32.1. The van der Waals surface area contributed by atoms with Gasteiger partial charge in [-0.05, 0) is 32.9 Å². The van der Waals surface area contributed by atoms with Crippen LogP contribution in [-0.4, -0.2) is 18.1 Å². The summed E-state index contributed by atoms with van der Waals surface area (Å²) in [5, 5.41) is 4.48. The van der Waals surface area contributed by atoms with Crippen LogP contribution in [-0.2, 0) is 6.42 Å². The summed E-state index contributed by atoms with van der Waals surface area (Å²) in [4.78, 5) is 5.62. The molecule has 0 radical (unpaired) electrons. The van der Waals surface area contributed by atoms with Gasteiger partial charge in [0.1, 0.15) is 0 Å². The van der Waals surface area contributed by atoms with Crippen molar-refractivity contribution >= 4 is 11.3 Å². The van der Waals surface area contributed by atoms with E-state index in [1.165, 1.54) is 22.7 Å². The van der Waals surface area contributed by atoms with Crippen molar-refractivity contribution in [3.05, 3.63) is 16.1 Å². The number of nitrogens with one attached hydrogen (secondary N) is 1. The Kier molecular flexibility index (Phi) is 4.25. The SMILES string of the molecule is CCNCCCc1cnc(C)s1. The fraction of sp³-hybridized carbons (Fsp3) is 0.667. The fourth-order valence-electron chi connectivity index (χ4n) is 1.09. The smallest absolute Gasteiger partial charge is 0.0896 e. The van der Waals surface area contributed by atoms with Gasteiger partial charge in [-0.3, -0.25) is 0 Å². The van der Waals surface area contributed by atoms with E-state index in [9.17, 15) is 0 Å². The van der Waals surface area contributed by atoms with Crippen LogP contribution in [0, 0.1) is 6.92 Å². The number of aryl methyl sites for hydroxylation is 2. The van der Waals surface area contributed by atoms with Gasteiger partial charge in [0.15, 0.2) is 0 Å². The molecule has 0 atom stereocenters. The maximum Gasteiger partial charge on any atom is 0.0896 e. The number of aromatic nitrogens is 1. The summed E-state index contributed by atoms with van der Waals surface area (Å²) in [7, 11) is 0. The Bertz CT molecular complexity index is 220. The van der Waals surface area contributed by atoms with Crippen molar-refractivity contribution in [3.8, 4) is 0 Å². The minimum absolute atomic E-state index is 1.07. The van der Waals surface area contributed by atoms with Crippen molar-refractivity contribution in [2.24, 2.45) is 0 Å². The molecule has 0 fully saturated rings. The summed E-state index contributed by atoms with van der Waals surface area (Å²) in [5.74, 6) is 0. The summed E-state index contributed by atoms with van der Waals surface area (Å²) in [6.45, 7) is 6.38. The third-order valence-electron chi connectivity index (χ3n) is 1.70. The summed E-state index contributed by atoms with van der Waals surface area (Å²) < 4.78 is 0. The van der Waals surface area contributed by atoms with Gasteiger partial charge in [-0.2, -0.15) is 0 Å². The van der Waals surface area contributed by atoms with E-state index in [4.69, 9.17) is 0 Å². The second-order valence-electron chi connectivity index (χ2n) is 2.80. The molecule has 2 nitrogen and oxygen atoms in total. The van der Waals surface area contributed by atoms with E-state index < -0.39 is 0 Å². The van der Waals surface area contributed by atoms with Gasteiger partial charge in [-0.25, -0.2) is 4.98 Å². The topological polar surface area (TPSA) is 24.9 Å². The normalized spacial score (nSPS) is 10.5. The van der Waals surface area contributed by atoms with Gasteiger partial charge in [0.05, 0.1) is 5.01 Å². The average Bonchev–Trinajstić information content (AvgIpc) is 2.45. The minimum Gasteiger partial charge on any atom is -0.317 e. The van der Waals surface area contributed by atoms with Gasteiger partial charge >= 0.3 is 0 Å². The molecule has 0 saturated heterocycles. The molecule has 1 heterocycles. The van der Waals surface area contributed by atoms with Crippen LogP contribution in [0.4, 0.5) is 0 Å². The molecule has 0 aromatic carbocycles. The number of thiazole rings is 1. The van der Waals surface area contributed by atoms with Gasteiger partial charge in [-0.15, -0.1) is 11.3 Å². The van der Waals surface area contributed by atoms with Crippen LogP contribution in [0.2, 0.25) is 0 Å². The molecule has 0 saturated carbocycles. The number of nitrogens with zero attached hydrogens (tertiary/aromatic N) is 1. The molecule has 0 aliphatic rings. The van der Waals surface area contributed by atoms with Gasteiger partial charge in [-0.1, -0.05) is 6.92 Å². The van der Waals surface area contributed by atoms with Crippen LogP contribution in [0.3, 0.4) is 0 Å². The third-order valence-corrected chi connectivity index (χ3v) is 2.67. The van der Waals surface area contributed by atoms with Crippen molar-refractivity contribution in [2.75, 3.05) is 13.1 Å². The molecular weight excluding hydrogens is 168 g/mol.